The summed E-state index contributed by atoms with van der Waals surface area (Å²) in [7, 11) is -4.52. The third kappa shape index (κ3) is 3.21. The second-order valence-electron chi connectivity index (χ2n) is 3.98. The Balaban J connectivity index is 1.90. The van der Waals surface area contributed by atoms with Crippen LogP contribution in [0, 0.1) is 6.92 Å². The molecule has 1 saturated heterocycles. The van der Waals surface area contributed by atoms with E-state index in [0.717, 1.165) is 16.5 Å². The summed E-state index contributed by atoms with van der Waals surface area (Å²) in [6.07, 6.45) is 0. The number of nitrogens with zero attached hydrogens (tertiary/aromatic N) is 3. The maximum absolute atomic E-state index is 12.7. The van der Waals surface area contributed by atoms with E-state index >= 15 is 0 Å². The summed E-state index contributed by atoms with van der Waals surface area (Å²) in [5.74, 6) is 0. The summed E-state index contributed by atoms with van der Waals surface area (Å²) in [5.41, 5.74) is 2.81. The van der Waals surface area contributed by atoms with Gasteiger partial charge in [0.2, 0.25) is 0 Å². The van der Waals surface area contributed by atoms with E-state index in [-0.39, 0.29) is 13.1 Å². The lowest BCUT2D eigenvalue weighted by Crippen LogP contribution is -2.47. The minimum Gasteiger partial charge on any atom is -0.296 e. The Labute approximate surface area is 104 Å². The first kappa shape index (κ1) is 12.9. The number of piperazine rings is 1. The smallest absolute Gasteiger partial charge is 0.296 e. The predicted molar refractivity (Wildman–Crippen MR) is 63.7 cm³/mol. The average molecular weight is 279 g/mol. The molecule has 0 bridgehead atoms. The third-order valence-electron chi connectivity index (χ3n) is 2.85. The Hall–Kier alpha value is -0.570. The number of aryl methyl sites for hydroxylation is 1. The fraction of sp³-hybridized carbons (Fsp3) is 0.667. The fourth-order valence-electron chi connectivity index (χ4n) is 1.79. The number of thiazole rings is 1. The van der Waals surface area contributed by atoms with Crippen LogP contribution >= 0.6 is 11.3 Å². The van der Waals surface area contributed by atoms with Gasteiger partial charge >= 0.3 is 10.4 Å². The largest absolute Gasteiger partial charge is 0.374 e. The van der Waals surface area contributed by atoms with Gasteiger partial charge in [0.25, 0.3) is 0 Å². The van der Waals surface area contributed by atoms with Crippen LogP contribution in [0.3, 0.4) is 0 Å². The van der Waals surface area contributed by atoms with Gasteiger partial charge < -0.3 is 0 Å². The van der Waals surface area contributed by atoms with E-state index in [4.69, 9.17) is 0 Å². The molecule has 0 N–H and O–H groups in total. The van der Waals surface area contributed by atoms with E-state index in [2.05, 4.69) is 9.88 Å². The highest BCUT2D eigenvalue weighted by Crippen LogP contribution is 2.17. The summed E-state index contributed by atoms with van der Waals surface area (Å²) in [6.45, 7) is 4.26. The highest BCUT2D eigenvalue weighted by atomic mass is 32.3. The van der Waals surface area contributed by atoms with E-state index in [1.54, 1.807) is 16.8 Å². The molecule has 0 aromatic carbocycles. The Morgan fingerprint density at radius 1 is 1.41 bits per heavy atom. The maximum atomic E-state index is 12.7. The van der Waals surface area contributed by atoms with Gasteiger partial charge in [-0.15, -0.1) is 11.3 Å². The molecule has 0 aliphatic carbocycles. The van der Waals surface area contributed by atoms with Gasteiger partial charge in [-0.3, -0.25) is 4.90 Å². The van der Waals surface area contributed by atoms with Crippen LogP contribution in [0.25, 0.3) is 0 Å². The van der Waals surface area contributed by atoms with Gasteiger partial charge in [-0.1, -0.05) is 3.89 Å². The van der Waals surface area contributed by atoms with Crippen molar-refractivity contribution >= 4 is 21.7 Å². The molecule has 0 unspecified atom stereocenters. The number of halogens is 1. The lowest BCUT2D eigenvalue weighted by molar-refractivity contribution is 0.178. The van der Waals surface area contributed by atoms with Crippen LogP contribution < -0.4 is 0 Å². The van der Waals surface area contributed by atoms with Gasteiger partial charge in [0, 0.05) is 37.6 Å². The summed E-state index contributed by atoms with van der Waals surface area (Å²) < 4.78 is 35.0. The third-order valence-corrected chi connectivity index (χ3v) is 4.75. The van der Waals surface area contributed by atoms with E-state index in [0.29, 0.717) is 13.1 Å². The van der Waals surface area contributed by atoms with Crippen LogP contribution in [0.2, 0.25) is 0 Å². The summed E-state index contributed by atoms with van der Waals surface area (Å²) in [6, 6.07) is 0. The Bertz CT molecular complexity index is 480. The molecule has 17 heavy (non-hydrogen) atoms. The molecule has 1 aliphatic rings. The van der Waals surface area contributed by atoms with Crippen LogP contribution in [-0.4, -0.2) is 48.8 Å². The predicted octanol–water partition coefficient (Wildman–Crippen LogP) is 0.783. The first-order valence-corrected chi connectivity index (χ1v) is 7.50. The topological polar surface area (TPSA) is 53.5 Å². The normalized spacial score (nSPS) is 19.6. The van der Waals surface area contributed by atoms with Crippen molar-refractivity contribution in [3.63, 3.8) is 0 Å². The number of rotatable bonds is 3. The lowest BCUT2D eigenvalue weighted by Gasteiger charge is -2.31. The molecule has 0 saturated carbocycles. The molecule has 5 nitrogen and oxygen atoms in total. The van der Waals surface area contributed by atoms with Crippen LogP contribution in [0.4, 0.5) is 3.89 Å². The van der Waals surface area contributed by atoms with Gasteiger partial charge in [0.05, 0.1) is 11.2 Å². The van der Waals surface area contributed by atoms with Gasteiger partial charge in [-0.05, 0) is 6.92 Å². The molecule has 0 amide bonds. The molecule has 8 heteroatoms. The quantitative estimate of drug-likeness (QED) is 0.767. The number of hydrogen-bond acceptors (Lipinski definition) is 5. The van der Waals surface area contributed by atoms with Crippen LogP contribution in [0.5, 0.6) is 0 Å². The van der Waals surface area contributed by atoms with E-state index in [1.165, 1.54) is 4.88 Å². The van der Waals surface area contributed by atoms with Crippen molar-refractivity contribution in [2.45, 2.75) is 13.5 Å². The molecule has 1 aromatic rings. The maximum Gasteiger partial charge on any atom is 0.374 e. The highest BCUT2D eigenvalue weighted by molar-refractivity contribution is 7.83. The number of hydrogen-bond donors (Lipinski definition) is 0. The van der Waals surface area contributed by atoms with Gasteiger partial charge in [0.15, 0.2) is 0 Å². The average Bonchev–Trinajstić information content (AvgIpc) is 2.64. The molecular formula is C9H14FN3O2S2. The van der Waals surface area contributed by atoms with Crippen molar-refractivity contribution in [1.29, 1.82) is 0 Å². The molecule has 1 fully saturated rings. The summed E-state index contributed by atoms with van der Waals surface area (Å²) >= 11 is 1.59. The fourth-order valence-corrected chi connectivity index (χ4v) is 3.20. The number of aromatic nitrogens is 1. The second-order valence-corrected chi connectivity index (χ2v) is 6.26. The van der Waals surface area contributed by atoms with Crippen molar-refractivity contribution < 1.29 is 12.3 Å². The monoisotopic (exact) mass is 279 g/mol. The zero-order valence-electron chi connectivity index (χ0n) is 9.47. The molecule has 1 aliphatic heterocycles. The standard InChI is InChI=1S/C9H14FN3O2S2/c1-8-9(16-7-11-8)6-12-2-4-13(5-3-12)17(10,14)15/h7H,2-6H2,1H3. The molecule has 96 valence electrons. The van der Waals surface area contributed by atoms with E-state index in [1.807, 2.05) is 6.92 Å². The zero-order valence-corrected chi connectivity index (χ0v) is 11.1. The summed E-state index contributed by atoms with van der Waals surface area (Å²) in [5, 5.41) is 0. The van der Waals surface area contributed by atoms with Crippen LogP contribution in [0.1, 0.15) is 10.6 Å². The first-order chi connectivity index (χ1) is 7.97. The van der Waals surface area contributed by atoms with Crippen LogP contribution in [-0.2, 0) is 17.0 Å². The molecule has 0 spiro atoms. The van der Waals surface area contributed by atoms with Crippen LogP contribution in [0.15, 0.2) is 5.51 Å². The first-order valence-electron chi connectivity index (χ1n) is 5.28. The molecule has 0 atom stereocenters. The van der Waals surface area contributed by atoms with Crippen molar-refractivity contribution in [3.8, 4) is 0 Å². The van der Waals surface area contributed by atoms with Gasteiger partial charge in [-0.2, -0.15) is 12.7 Å². The van der Waals surface area contributed by atoms with Crippen molar-refractivity contribution in [2.75, 3.05) is 26.2 Å². The highest BCUT2D eigenvalue weighted by Gasteiger charge is 2.26. The summed E-state index contributed by atoms with van der Waals surface area (Å²) in [4.78, 5) is 7.46. The van der Waals surface area contributed by atoms with Gasteiger partial charge in [-0.25, -0.2) is 4.98 Å². The minimum absolute atomic E-state index is 0.219. The molecule has 1 aromatic heterocycles. The second kappa shape index (κ2) is 4.97. The lowest BCUT2D eigenvalue weighted by atomic mass is 10.3. The zero-order chi connectivity index (χ0) is 12.5. The Morgan fingerprint density at radius 2 is 2.06 bits per heavy atom. The Morgan fingerprint density at radius 3 is 2.53 bits per heavy atom. The van der Waals surface area contributed by atoms with E-state index in [9.17, 15) is 12.3 Å². The Kier molecular flexibility index (Phi) is 3.76. The molecule has 2 heterocycles. The van der Waals surface area contributed by atoms with Crippen molar-refractivity contribution in [1.82, 2.24) is 14.2 Å². The molecule has 0 radical (unpaired) electrons. The van der Waals surface area contributed by atoms with Crippen molar-refractivity contribution in [2.24, 2.45) is 0 Å². The minimum atomic E-state index is -4.52. The molecule has 2 rings (SSSR count). The van der Waals surface area contributed by atoms with Crippen molar-refractivity contribution in [3.05, 3.63) is 16.1 Å². The SMILES string of the molecule is Cc1ncsc1CN1CCN(S(=O)(=O)F)CC1. The molecular weight excluding hydrogens is 265 g/mol. The van der Waals surface area contributed by atoms with E-state index < -0.39 is 10.4 Å². The van der Waals surface area contributed by atoms with Gasteiger partial charge in [0.1, 0.15) is 0 Å².